The fourth-order valence-electron chi connectivity index (χ4n) is 16.5. The average Bonchev–Trinajstić information content (AvgIpc) is 1.69. The summed E-state index contributed by atoms with van der Waals surface area (Å²) in [5.74, 6) is 0. The highest BCUT2D eigenvalue weighted by atomic mass is 15.5. The van der Waals surface area contributed by atoms with Crippen molar-refractivity contribution in [1.29, 1.82) is 0 Å². The average molecular weight is 1350 g/mol. The van der Waals surface area contributed by atoms with Crippen molar-refractivity contribution in [2.45, 2.75) is 346 Å². The van der Waals surface area contributed by atoms with E-state index in [0.29, 0.717) is 22.2 Å². The lowest BCUT2D eigenvalue weighted by Gasteiger charge is -2.37. The number of likely N-dealkylation sites (N-methyl/N-ethyl adjacent to an activating group) is 7. The van der Waals surface area contributed by atoms with E-state index in [2.05, 4.69) is 306 Å². The van der Waals surface area contributed by atoms with Gasteiger partial charge in [0.1, 0.15) is 64.8 Å². The van der Waals surface area contributed by atoms with Crippen LogP contribution in [-0.2, 0) is 0 Å². The third-order valence-corrected chi connectivity index (χ3v) is 26.3. The molecule has 0 saturated carbocycles. The quantitative estimate of drug-likeness (QED) is 0.106. The van der Waals surface area contributed by atoms with Crippen molar-refractivity contribution >= 4 is 0 Å². The maximum Gasteiger partial charge on any atom is 0.135 e. The van der Waals surface area contributed by atoms with Crippen LogP contribution in [0, 0.1) is 0 Å². The van der Waals surface area contributed by atoms with Gasteiger partial charge in [-0.3, -0.25) is 0 Å². The topological polar surface area (TPSA) is 22.7 Å². The van der Waals surface area contributed by atoms with Crippen LogP contribution in [0.5, 0.6) is 0 Å². The molecule has 7 fully saturated rings. The Hall–Kier alpha value is -0.560. The molecule has 7 heterocycles. The lowest BCUT2D eigenvalue weighted by molar-refractivity contribution is -0.906. The molecule has 0 spiro atoms. The first-order valence-corrected chi connectivity index (χ1v) is 40.3. The van der Waals surface area contributed by atoms with Gasteiger partial charge in [0, 0.05) is 46.7 Å². The molecule has 7 saturated heterocycles. The first kappa shape index (κ1) is 92.5. The Bertz CT molecular complexity index is 2090. The van der Waals surface area contributed by atoms with Crippen LogP contribution in [0.15, 0.2) is 0 Å². The molecule has 0 radical (unpaired) electrons. The fraction of sp³-hybridized carbons (Fsp3) is 1.00. The van der Waals surface area contributed by atoms with E-state index in [1.165, 1.54) is 196 Å². The molecule has 14 heteroatoms. The lowest BCUT2D eigenvalue weighted by Crippen LogP contribution is -2.48. The summed E-state index contributed by atoms with van der Waals surface area (Å²) in [4.78, 5) is 18.6. The Morgan fingerprint density at radius 2 is 0.695 bits per heavy atom. The third-order valence-electron chi connectivity index (χ3n) is 26.3. The molecule has 0 bridgehead atoms. The second kappa shape index (κ2) is 38.3. The molecule has 0 aromatic heterocycles. The van der Waals surface area contributed by atoms with E-state index in [1.54, 1.807) is 0 Å². The molecule has 0 amide bonds. The van der Waals surface area contributed by atoms with Crippen LogP contribution in [-0.4, -0.2) is 339 Å². The smallest absolute Gasteiger partial charge is 0.135 e. The minimum Gasteiger partial charge on any atom is -0.315 e. The van der Waals surface area contributed by atoms with Gasteiger partial charge in [-0.2, -0.15) is 0 Å². The van der Waals surface area contributed by atoms with Crippen LogP contribution in [0.1, 0.15) is 263 Å². The van der Waals surface area contributed by atoms with Crippen molar-refractivity contribution in [2.24, 2.45) is 0 Å². The van der Waals surface area contributed by atoms with Crippen LogP contribution >= 0.6 is 0 Å². The van der Waals surface area contributed by atoms with Crippen molar-refractivity contribution in [3.63, 3.8) is 0 Å². The fourth-order valence-corrected chi connectivity index (χ4v) is 16.5. The van der Waals surface area contributed by atoms with E-state index in [4.69, 9.17) is 0 Å². The summed E-state index contributed by atoms with van der Waals surface area (Å²) in [6, 6.07) is 7.88. The minimum atomic E-state index is 0.367. The highest BCUT2D eigenvalue weighted by Gasteiger charge is 2.48. The maximum atomic E-state index is 2.73. The van der Waals surface area contributed by atoms with Crippen LogP contribution in [0.2, 0.25) is 0 Å². The van der Waals surface area contributed by atoms with E-state index in [0.717, 1.165) is 78.4 Å². The summed E-state index contributed by atoms with van der Waals surface area (Å²) in [6.07, 6.45) is 18.0. The molecule has 0 aromatic rings. The molecule has 570 valence electrons. The summed E-state index contributed by atoms with van der Waals surface area (Å²) in [6.45, 7) is 75.8. The molecule has 7 aliphatic heterocycles. The molecule has 0 aliphatic carbocycles. The SMILES string of the molecule is CCC(C)N1CC(C)[N+](C)(C)C1.CCC(C)N1CC(CC)[N+](C)(C)C1.CCC(C)N1C[N+](C)(C)CC1C.CCC1CN(C(C)(C)CC)C[N+]1(C)C.CCC1C[N+](C)(C)CN1C(C)(C)CC.CCCC1CN(C(C)(C)CC)C[N+]1(C)C.CCCC1C[N+](C)(C)CN1C(C)(C)CC. The molecular weight excluding hydrogens is 1170 g/mol. The molecule has 95 heavy (non-hydrogen) atoms. The van der Waals surface area contributed by atoms with Crippen molar-refractivity contribution in [3.05, 3.63) is 0 Å². The van der Waals surface area contributed by atoms with Gasteiger partial charge in [-0.05, 0) is 161 Å². The second-order valence-corrected chi connectivity index (χ2v) is 39.1. The predicted octanol–water partition coefficient (Wildman–Crippen LogP) is 15.0. The minimum absolute atomic E-state index is 0.367. The molecule has 10 unspecified atom stereocenters. The highest BCUT2D eigenvalue weighted by Crippen LogP contribution is 2.35. The molecular formula is C81H183N14+7. The van der Waals surface area contributed by atoms with Crippen LogP contribution < -0.4 is 0 Å². The van der Waals surface area contributed by atoms with Crippen molar-refractivity contribution < 1.29 is 31.4 Å². The van der Waals surface area contributed by atoms with E-state index in [1.807, 2.05) is 0 Å². The van der Waals surface area contributed by atoms with Gasteiger partial charge in [0.2, 0.25) is 0 Å². The summed E-state index contributed by atoms with van der Waals surface area (Å²) in [7, 11) is 32.9. The van der Waals surface area contributed by atoms with Crippen molar-refractivity contribution in [3.8, 4) is 0 Å². The summed E-state index contributed by atoms with van der Waals surface area (Å²) >= 11 is 0. The Morgan fingerprint density at radius 3 is 1.02 bits per heavy atom. The monoisotopic (exact) mass is 1350 g/mol. The molecule has 14 nitrogen and oxygen atoms in total. The first-order chi connectivity index (χ1) is 43.2. The van der Waals surface area contributed by atoms with Gasteiger partial charge in [0.25, 0.3) is 0 Å². The second-order valence-electron chi connectivity index (χ2n) is 39.1. The molecule has 0 N–H and O–H groups in total. The van der Waals surface area contributed by atoms with Gasteiger partial charge in [-0.25, -0.2) is 34.3 Å². The van der Waals surface area contributed by atoms with Crippen molar-refractivity contribution in [2.75, 3.05) is 191 Å². The molecule has 10 atom stereocenters. The van der Waals surface area contributed by atoms with Gasteiger partial charge in [0.05, 0.1) is 169 Å². The number of quaternary nitrogens is 7. The lowest BCUT2D eigenvalue weighted by atomic mass is 9.97. The van der Waals surface area contributed by atoms with Gasteiger partial charge < -0.3 is 31.4 Å². The highest BCUT2D eigenvalue weighted by molar-refractivity contribution is 4.90. The van der Waals surface area contributed by atoms with Crippen molar-refractivity contribution in [1.82, 2.24) is 34.3 Å². The van der Waals surface area contributed by atoms with Crippen LogP contribution in [0.25, 0.3) is 0 Å². The molecule has 7 aliphatic rings. The van der Waals surface area contributed by atoms with E-state index < -0.39 is 0 Å². The zero-order valence-electron chi connectivity index (χ0n) is 72.8. The van der Waals surface area contributed by atoms with E-state index in [9.17, 15) is 0 Å². The zero-order valence-corrected chi connectivity index (χ0v) is 72.8. The molecule has 7 rings (SSSR count). The van der Waals surface area contributed by atoms with Gasteiger partial charge >= 0.3 is 0 Å². The normalized spacial score (nSPS) is 29.3. The van der Waals surface area contributed by atoms with Crippen LogP contribution in [0.4, 0.5) is 0 Å². The summed E-state index contributed by atoms with van der Waals surface area (Å²) in [5, 5.41) is 0. The van der Waals surface area contributed by atoms with E-state index in [-0.39, 0.29) is 0 Å². The van der Waals surface area contributed by atoms with Gasteiger partial charge in [-0.1, -0.05) is 95.9 Å². The summed E-state index contributed by atoms with van der Waals surface area (Å²) in [5.41, 5.74) is 1.48. The Kier molecular flexibility index (Phi) is 37.2. The Morgan fingerprint density at radius 1 is 0.347 bits per heavy atom. The first-order valence-electron chi connectivity index (χ1n) is 40.3. The standard InChI is InChI=1S/2C13H29N2.2C12H27N2.C11H25N2.2C10H23N2/c1-7-9-12-10-15(5,6)11-14(12)13(3,4)8-2;1-7-9-12-10-14(11-15(12,5)6)13(3,4)8-2;1-7-11-9-14(5,6)10-13(11)12(3,4)8-2;1-7-11-9-13(10-14(11,5)6)12(3,4)8-2;1-6-10(3)12-8-11(7-2)13(4,5)9-12;1-6-9(2)11-8-12(4,5)7-10(11)3;1-6-9(2)11-7-10(3)12(4,5)8-11/h2*12H,7-11H2,1-6H3;2*11H,7-10H2,1-6H3;10-11H,6-9H2,1-5H3;2*9-10H,6-8H2,1-5H3/q7*+1. The largest absolute Gasteiger partial charge is 0.315 e. The van der Waals surface area contributed by atoms with Gasteiger partial charge in [0.15, 0.2) is 0 Å². The van der Waals surface area contributed by atoms with Crippen LogP contribution in [0.3, 0.4) is 0 Å². The number of nitrogens with zero attached hydrogens (tertiary/aromatic N) is 14. The van der Waals surface area contributed by atoms with E-state index >= 15 is 0 Å². The zero-order chi connectivity index (χ0) is 74.1. The number of hydrogen-bond donors (Lipinski definition) is 0. The number of hydrogen-bond acceptors (Lipinski definition) is 7. The Labute approximate surface area is 599 Å². The predicted molar refractivity (Wildman–Crippen MR) is 421 cm³/mol. The molecule has 0 aromatic carbocycles. The number of rotatable bonds is 21. The third kappa shape index (κ3) is 27.9. The summed E-state index contributed by atoms with van der Waals surface area (Å²) < 4.78 is 8.16. The Balaban J connectivity index is 0.000000555. The van der Waals surface area contributed by atoms with Gasteiger partial charge in [-0.15, -0.1) is 0 Å². The maximum absolute atomic E-state index is 2.73.